The largest absolute Gasteiger partial charge is 0.371 e. The van der Waals surface area contributed by atoms with Crippen molar-refractivity contribution in [1.82, 2.24) is 5.32 Å². The molecule has 3 rings (SSSR count). The van der Waals surface area contributed by atoms with Crippen LogP contribution in [0.1, 0.15) is 18.4 Å². The highest BCUT2D eigenvalue weighted by atomic mass is 15.2. The van der Waals surface area contributed by atoms with Gasteiger partial charge in [-0.2, -0.15) is 0 Å². The molecule has 0 aliphatic carbocycles. The zero-order valence-corrected chi connectivity index (χ0v) is 11.7. The van der Waals surface area contributed by atoms with Gasteiger partial charge in [0.15, 0.2) is 0 Å². The lowest BCUT2D eigenvalue weighted by Gasteiger charge is -2.47. The van der Waals surface area contributed by atoms with Gasteiger partial charge in [0.1, 0.15) is 0 Å². The van der Waals surface area contributed by atoms with Crippen molar-refractivity contribution in [1.29, 1.82) is 0 Å². The first-order chi connectivity index (χ1) is 9.13. The zero-order valence-electron chi connectivity index (χ0n) is 11.7. The molecular formula is C17H22N2. The lowest BCUT2D eigenvalue weighted by Crippen LogP contribution is -2.52. The van der Waals surface area contributed by atoms with E-state index < -0.39 is 0 Å². The van der Waals surface area contributed by atoms with Crippen molar-refractivity contribution in [3.05, 3.63) is 54.4 Å². The highest BCUT2D eigenvalue weighted by molar-refractivity contribution is 5.50. The van der Waals surface area contributed by atoms with Crippen molar-refractivity contribution >= 4 is 5.69 Å². The van der Waals surface area contributed by atoms with Crippen LogP contribution < -0.4 is 10.2 Å². The molecule has 1 atom stereocenters. The maximum atomic E-state index is 4.17. The topological polar surface area (TPSA) is 15.3 Å². The SMILES string of the molecule is C=C1CCC(C2CN(c3ccc(C)cc3)C2)C(=C)N1. The van der Waals surface area contributed by atoms with E-state index in [1.807, 2.05) is 0 Å². The van der Waals surface area contributed by atoms with E-state index in [-0.39, 0.29) is 0 Å². The Kier molecular flexibility index (Phi) is 3.09. The molecule has 1 N–H and O–H groups in total. The average Bonchev–Trinajstić information content (AvgIpc) is 2.32. The van der Waals surface area contributed by atoms with Gasteiger partial charge < -0.3 is 10.2 Å². The monoisotopic (exact) mass is 254 g/mol. The first kappa shape index (κ1) is 12.3. The molecule has 0 amide bonds. The van der Waals surface area contributed by atoms with Gasteiger partial charge in [-0.25, -0.2) is 0 Å². The Balaban J connectivity index is 1.59. The molecule has 19 heavy (non-hydrogen) atoms. The highest BCUT2D eigenvalue weighted by Gasteiger charge is 2.36. The second-order valence-corrected chi connectivity index (χ2v) is 5.90. The quantitative estimate of drug-likeness (QED) is 0.869. The summed E-state index contributed by atoms with van der Waals surface area (Å²) < 4.78 is 0. The van der Waals surface area contributed by atoms with E-state index in [0.717, 1.165) is 31.1 Å². The zero-order chi connectivity index (χ0) is 13.4. The highest BCUT2D eigenvalue weighted by Crippen LogP contribution is 2.36. The van der Waals surface area contributed by atoms with Crippen LogP contribution in [0.15, 0.2) is 48.8 Å². The number of benzene rings is 1. The van der Waals surface area contributed by atoms with Crippen LogP contribution in [0.2, 0.25) is 0 Å². The number of hydrogen-bond donors (Lipinski definition) is 1. The molecule has 0 aromatic heterocycles. The molecule has 0 radical (unpaired) electrons. The Morgan fingerprint density at radius 2 is 1.84 bits per heavy atom. The molecule has 0 saturated carbocycles. The number of piperidine rings is 1. The number of anilines is 1. The minimum atomic E-state index is 0.618. The van der Waals surface area contributed by atoms with Gasteiger partial charge in [0, 0.05) is 42.0 Å². The standard InChI is InChI=1S/C17H22N2/c1-12-4-7-16(8-5-12)19-10-15(11-19)17-9-6-13(2)18-14(17)3/h4-5,7-8,15,17-18H,2-3,6,9-11H2,1H3. The van der Waals surface area contributed by atoms with Crippen molar-refractivity contribution in [3.63, 3.8) is 0 Å². The van der Waals surface area contributed by atoms with E-state index in [9.17, 15) is 0 Å². The van der Waals surface area contributed by atoms with Crippen molar-refractivity contribution < 1.29 is 0 Å². The van der Waals surface area contributed by atoms with Crippen LogP contribution in [-0.2, 0) is 0 Å². The maximum Gasteiger partial charge on any atom is 0.0366 e. The fourth-order valence-electron chi connectivity index (χ4n) is 3.14. The predicted octanol–water partition coefficient (Wildman–Crippen LogP) is 3.46. The van der Waals surface area contributed by atoms with Crippen LogP contribution in [0.3, 0.4) is 0 Å². The average molecular weight is 254 g/mol. The molecule has 0 spiro atoms. The third kappa shape index (κ3) is 2.40. The predicted molar refractivity (Wildman–Crippen MR) is 81.0 cm³/mol. The second-order valence-electron chi connectivity index (χ2n) is 5.90. The normalized spacial score (nSPS) is 24.1. The second kappa shape index (κ2) is 4.76. The molecule has 2 saturated heterocycles. The summed E-state index contributed by atoms with van der Waals surface area (Å²) in [7, 11) is 0. The summed E-state index contributed by atoms with van der Waals surface area (Å²) in [6.07, 6.45) is 2.29. The first-order valence-corrected chi connectivity index (χ1v) is 7.08. The van der Waals surface area contributed by atoms with Crippen LogP contribution in [0.5, 0.6) is 0 Å². The molecule has 1 aromatic carbocycles. The fourth-order valence-corrected chi connectivity index (χ4v) is 3.14. The number of aryl methyl sites for hydroxylation is 1. The number of nitrogens with one attached hydrogen (secondary N) is 1. The molecule has 0 bridgehead atoms. The van der Waals surface area contributed by atoms with E-state index in [0.29, 0.717) is 5.92 Å². The molecule has 1 aromatic rings. The van der Waals surface area contributed by atoms with Crippen LogP contribution in [0.4, 0.5) is 5.69 Å². The Morgan fingerprint density at radius 1 is 1.16 bits per heavy atom. The Morgan fingerprint density at radius 3 is 2.47 bits per heavy atom. The van der Waals surface area contributed by atoms with Crippen molar-refractivity contribution in [2.45, 2.75) is 19.8 Å². The number of nitrogens with zero attached hydrogens (tertiary/aromatic N) is 1. The lowest BCUT2D eigenvalue weighted by molar-refractivity contribution is 0.272. The molecule has 1 unspecified atom stereocenters. The summed E-state index contributed by atoms with van der Waals surface area (Å²) in [6.45, 7) is 12.6. The number of hydrogen-bond acceptors (Lipinski definition) is 2. The third-order valence-electron chi connectivity index (χ3n) is 4.42. The van der Waals surface area contributed by atoms with Crippen LogP contribution >= 0.6 is 0 Å². The molecule has 2 nitrogen and oxygen atoms in total. The number of allylic oxidation sites excluding steroid dienone is 2. The van der Waals surface area contributed by atoms with Gasteiger partial charge in [-0.1, -0.05) is 30.9 Å². The summed E-state index contributed by atoms with van der Waals surface area (Å²) in [4.78, 5) is 2.46. The van der Waals surface area contributed by atoms with E-state index in [1.165, 1.54) is 23.4 Å². The third-order valence-corrected chi connectivity index (χ3v) is 4.42. The van der Waals surface area contributed by atoms with Crippen LogP contribution in [0.25, 0.3) is 0 Å². The molecule has 2 heterocycles. The van der Waals surface area contributed by atoms with Crippen molar-refractivity contribution in [2.75, 3.05) is 18.0 Å². The van der Waals surface area contributed by atoms with Gasteiger partial charge in [-0.05, 0) is 31.9 Å². The van der Waals surface area contributed by atoms with Gasteiger partial charge >= 0.3 is 0 Å². The summed E-state index contributed by atoms with van der Waals surface area (Å²) in [5.74, 6) is 1.36. The van der Waals surface area contributed by atoms with Crippen LogP contribution in [0, 0.1) is 18.8 Å². The maximum absolute atomic E-state index is 4.17. The Bertz CT molecular complexity index is 494. The molecular weight excluding hydrogens is 232 g/mol. The summed E-state index contributed by atoms with van der Waals surface area (Å²) in [6, 6.07) is 8.82. The Hall–Kier alpha value is -1.70. The van der Waals surface area contributed by atoms with Crippen molar-refractivity contribution in [3.8, 4) is 0 Å². The van der Waals surface area contributed by atoms with Crippen LogP contribution in [-0.4, -0.2) is 13.1 Å². The van der Waals surface area contributed by atoms with Gasteiger partial charge in [0.05, 0.1) is 0 Å². The minimum Gasteiger partial charge on any atom is -0.371 e. The number of rotatable bonds is 2. The van der Waals surface area contributed by atoms with Gasteiger partial charge in [-0.15, -0.1) is 0 Å². The van der Waals surface area contributed by atoms with E-state index >= 15 is 0 Å². The lowest BCUT2D eigenvalue weighted by atomic mass is 9.78. The smallest absolute Gasteiger partial charge is 0.0366 e. The van der Waals surface area contributed by atoms with Gasteiger partial charge in [0.2, 0.25) is 0 Å². The van der Waals surface area contributed by atoms with Crippen molar-refractivity contribution in [2.24, 2.45) is 11.8 Å². The molecule has 2 aliphatic heterocycles. The minimum absolute atomic E-state index is 0.618. The fraction of sp³-hybridized carbons (Fsp3) is 0.412. The molecule has 2 heteroatoms. The summed E-state index contributed by atoms with van der Waals surface area (Å²) >= 11 is 0. The summed E-state index contributed by atoms with van der Waals surface area (Å²) in [5, 5.41) is 3.33. The van der Waals surface area contributed by atoms with Gasteiger partial charge in [0.25, 0.3) is 0 Å². The molecule has 2 aliphatic rings. The van der Waals surface area contributed by atoms with E-state index in [2.05, 4.69) is 54.6 Å². The summed E-state index contributed by atoms with van der Waals surface area (Å²) in [5.41, 5.74) is 4.96. The van der Waals surface area contributed by atoms with Gasteiger partial charge in [-0.3, -0.25) is 0 Å². The Labute approximate surface area is 115 Å². The van der Waals surface area contributed by atoms with E-state index in [1.54, 1.807) is 0 Å². The van der Waals surface area contributed by atoms with E-state index in [4.69, 9.17) is 0 Å². The first-order valence-electron chi connectivity index (χ1n) is 7.08. The molecule has 100 valence electrons. The molecule has 2 fully saturated rings.